The first-order valence-electron chi connectivity index (χ1n) is 5.69. The Balaban J connectivity index is 1.93. The zero-order chi connectivity index (χ0) is 12.3. The van der Waals surface area contributed by atoms with E-state index in [1.54, 1.807) is 0 Å². The molecule has 1 aromatic heterocycles. The molecule has 0 saturated heterocycles. The minimum atomic E-state index is 0.398. The summed E-state index contributed by atoms with van der Waals surface area (Å²) < 4.78 is 1.28. The Morgan fingerprint density at radius 1 is 1.18 bits per heavy atom. The predicted octanol–water partition coefficient (Wildman–Crippen LogP) is 4.51. The van der Waals surface area contributed by atoms with E-state index >= 15 is 0 Å². The molecule has 1 unspecified atom stereocenters. The molecule has 0 fully saturated rings. The minimum Gasteiger partial charge on any atom is -0.305 e. The topological polar surface area (TPSA) is 12.0 Å². The maximum Gasteiger partial charge on any atom is 0.0305 e. The Hall–Kier alpha value is -0.390. The Labute approximate surface area is 120 Å². The number of thiophene rings is 1. The summed E-state index contributed by atoms with van der Waals surface area (Å²) in [7, 11) is 0. The van der Waals surface area contributed by atoms with Crippen LogP contribution in [0.4, 0.5) is 0 Å². The molecule has 2 aromatic rings. The zero-order valence-corrected chi connectivity index (χ0v) is 13.0. The molecule has 17 heavy (non-hydrogen) atoms. The van der Waals surface area contributed by atoms with Crippen LogP contribution in [-0.2, 0) is 6.54 Å². The normalized spacial score (nSPS) is 12.6. The first kappa shape index (κ1) is 13.1. The molecular formula is C14H16INS. The number of hydrogen-bond acceptors (Lipinski definition) is 2. The van der Waals surface area contributed by atoms with Crippen molar-refractivity contribution in [2.75, 3.05) is 0 Å². The van der Waals surface area contributed by atoms with Crippen LogP contribution in [-0.4, -0.2) is 0 Å². The zero-order valence-electron chi connectivity index (χ0n) is 10.0. The van der Waals surface area contributed by atoms with Crippen LogP contribution in [0.15, 0.2) is 36.4 Å². The van der Waals surface area contributed by atoms with E-state index in [2.05, 4.69) is 78.2 Å². The van der Waals surface area contributed by atoms with Gasteiger partial charge in [0.1, 0.15) is 0 Å². The summed E-state index contributed by atoms with van der Waals surface area (Å²) in [4.78, 5) is 2.78. The van der Waals surface area contributed by atoms with Gasteiger partial charge in [0.15, 0.2) is 0 Å². The number of hydrogen-bond donors (Lipinski definition) is 1. The van der Waals surface area contributed by atoms with Crippen molar-refractivity contribution in [2.24, 2.45) is 0 Å². The van der Waals surface area contributed by atoms with Gasteiger partial charge in [-0.05, 0) is 66.3 Å². The van der Waals surface area contributed by atoms with Crippen LogP contribution < -0.4 is 5.32 Å². The second-order valence-corrected chi connectivity index (χ2v) is 6.78. The van der Waals surface area contributed by atoms with Gasteiger partial charge in [-0.15, -0.1) is 11.3 Å². The van der Waals surface area contributed by atoms with E-state index in [0.29, 0.717) is 6.04 Å². The molecule has 0 aliphatic heterocycles. The number of benzene rings is 1. The van der Waals surface area contributed by atoms with Crippen molar-refractivity contribution in [1.29, 1.82) is 0 Å². The summed E-state index contributed by atoms with van der Waals surface area (Å²) in [5.41, 5.74) is 1.35. The van der Waals surface area contributed by atoms with Crippen LogP contribution in [0.2, 0.25) is 0 Å². The smallest absolute Gasteiger partial charge is 0.0305 e. The van der Waals surface area contributed by atoms with Gasteiger partial charge in [-0.2, -0.15) is 0 Å². The van der Waals surface area contributed by atoms with E-state index in [9.17, 15) is 0 Å². The summed E-state index contributed by atoms with van der Waals surface area (Å²) in [5.74, 6) is 0. The molecule has 0 amide bonds. The quantitative estimate of drug-likeness (QED) is 0.794. The van der Waals surface area contributed by atoms with Crippen LogP contribution >= 0.6 is 33.9 Å². The van der Waals surface area contributed by atoms with Gasteiger partial charge in [0.2, 0.25) is 0 Å². The molecule has 0 radical (unpaired) electrons. The molecule has 90 valence electrons. The highest BCUT2D eigenvalue weighted by molar-refractivity contribution is 14.1. The van der Waals surface area contributed by atoms with E-state index < -0.39 is 0 Å². The molecule has 0 spiro atoms. The Kier molecular flexibility index (Phi) is 4.59. The number of halogens is 1. The first-order valence-corrected chi connectivity index (χ1v) is 7.59. The van der Waals surface area contributed by atoms with Crippen molar-refractivity contribution in [2.45, 2.75) is 26.4 Å². The molecule has 1 heterocycles. The van der Waals surface area contributed by atoms with E-state index in [1.165, 1.54) is 18.9 Å². The molecule has 0 aliphatic carbocycles. The van der Waals surface area contributed by atoms with Crippen LogP contribution in [0.5, 0.6) is 0 Å². The molecule has 0 saturated carbocycles. The highest BCUT2D eigenvalue weighted by Crippen LogP contribution is 2.18. The number of nitrogens with one attached hydrogen (secondary N) is 1. The summed E-state index contributed by atoms with van der Waals surface area (Å²) in [6.07, 6.45) is 0. The van der Waals surface area contributed by atoms with E-state index in [-0.39, 0.29) is 0 Å². The average Bonchev–Trinajstić information content (AvgIpc) is 2.73. The molecular weight excluding hydrogens is 341 g/mol. The van der Waals surface area contributed by atoms with Gasteiger partial charge >= 0.3 is 0 Å². The number of aryl methyl sites for hydroxylation is 1. The third-order valence-corrected chi connectivity index (χ3v) is 4.47. The first-order chi connectivity index (χ1) is 8.15. The highest BCUT2D eigenvalue weighted by atomic mass is 127. The molecule has 0 aliphatic rings. The molecule has 1 atom stereocenters. The van der Waals surface area contributed by atoms with E-state index in [4.69, 9.17) is 0 Å². The van der Waals surface area contributed by atoms with Gasteiger partial charge in [0, 0.05) is 25.9 Å². The number of rotatable bonds is 4. The minimum absolute atomic E-state index is 0.398. The summed E-state index contributed by atoms with van der Waals surface area (Å²) in [6, 6.07) is 13.5. The Morgan fingerprint density at radius 2 is 1.88 bits per heavy atom. The maximum atomic E-state index is 3.56. The van der Waals surface area contributed by atoms with Crippen molar-refractivity contribution >= 4 is 33.9 Å². The lowest BCUT2D eigenvalue weighted by molar-refractivity contribution is 0.579. The van der Waals surface area contributed by atoms with Crippen molar-refractivity contribution in [1.82, 2.24) is 5.32 Å². The average molecular weight is 357 g/mol. The van der Waals surface area contributed by atoms with Gasteiger partial charge in [-0.1, -0.05) is 12.1 Å². The van der Waals surface area contributed by atoms with Crippen LogP contribution in [0.25, 0.3) is 0 Å². The Bertz CT molecular complexity index is 475. The van der Waals surface area contributed by atoms with E-state index in [0.717, 1.165) is 6.54 Å². The molecule has 1 nitrogen and oxygen atoms in total. The van der Waals surface area contributed by atoms with Crippen molar-refractivity contribution in [3.05, 3.63) is 55.3 Å². The fourth-order valence-electron chi connectivity index (χ4n) is 1.70. The molecule has 2 rings (SSSR count). The third-order valence-electron chi connectivity index (χ3n) is 2.75. The largest absolute Gasteiger partial charge is 0.305 e. The fraction of sp³-hybridized carbons (Fsp3) is 0.286. The second kappa shape index (κ2) is 5.98. The summed E-state index contributed by atoms with van der Waals surface area (Å²) in [5, 5.41) is 3.56. The lowest BCUT2D eigenvalue weighted by Crippen LogP contribution is -2.17. The third kappa shape index (κ3) is 3.79. The highest BCUT2D eigenvalue weighted by Gasteiger charge is 2.05. The van der Waals surface area contributed by atoms with Crippen molar-refractivity contribution in [3.63, 3.8) is 0 Å². The van der Waals surface area contributed by atoms with E-state index in [1.807, 2.05) is 11.3 Å². The lowest BCUT2D eigenvalue weighted by atomic mass is 10.1. The molecule has 3 heteroatoms. The predicted molar refractivity (Wildman–Crippen MR) is 83.5 cm³/mol. The summed E-state index contributed by atoms with van der Waals surface area (Å²) >= 11 is 4.20. The van der Waals surface area contributed by atoms with Gasteiger partial charge in [-0.25, -0.2) is 0 Å². The summed E-state index contributed by atoms with van der Waals surface area (Å²) in [6.45, 7) is 5.31. The van der Waals surface area contributed by atoms with Gasteiger partial charge in [0.05, 0.1) is 0 Å². The van der Waals surface area contributed by atoms with Crippen LogP contribution in [0, 0.1) is 10.5 Å². The van der Waals surface area contributed by atoms with Gasteiger partial charge < -0.3 is 5.32 Å². The Morgan fingerprint density at radius 3 is 2.47 bits per heavy atom. The standard InChI is InChI=1S/C14H16INS/c1-10-3-8-14(17-10)9-16-11(2)12-4-6-13(15)7-5-12/h3-8,11,16H,9H2,1-2H3. The molecule has 0 bridgehead atoms. The second-order valence-electron chi connectivity index (χ2n) is 4.17. The van der Waals surface area contributed by atoms with Crippen molar-refractivity contribution in [3.8, 4) is 0 Å². The SMILES string of the molecule is Cc1ccc(CNC(C)c2ccc(I)cc2)s1. The maximum absolute atomic E-state index is 3.56. The van der Waals surface area contributed by atoms with Crippen LogP contribution in [0.3, 0.4) is 0 Å². The monoisotopic (exact) mass is 357 g/mol. The van der Waals surface area contributed by atoms with Crippen LogP contribution in [0.1, 0.15) is 28.3 Å². The molecule has 1 aromatic carbocycles. The van der Waals surface area contributed by atoms with Gasteiger partial charge in [0.25, 0.3) is 0 Å². The molecule has 1 N–H and O–H groups in total. The lowest BCUT2D eigenvalue weighted by Gasteiger charge is -2.13. The fourth-order valence-corrected chi connectivity index (χ4v) is 2.90. The van der Waals surface area contributed by atoms with Crippen molar-refractivity contribution < 1.29 is 0 Å². The van der Waals surface area contributed by atoms with Gasteiger partial charge in [-0.3, -0.25) is 0 Å².